The number of morpholine rings is 1. The molecular formula is C23H33ClN6O3. The quantitative estimate of drug-likeness (QED) is 0.602. The fraction of sp³-hybridized carbons (Fsp3) is 0.565. The molecule has 0 aliphatic carbocycles. The summed E-state index contributed by atoms with van der Waals surface area (Å²) in [6.07, 6.45) is 2.08. The molecule has 9 nitrogen and oxygen atoms in total. The minimum Gasteiger partial charge on any atom is -0.444 e. The monoisotopic (exact) mass is 476 g/mol. The van der Waals surface area contributed by atoms with E-state index in [9.17, 15) is 4.79 Å². The van der Waals surface area contributed by atoms with Crippen LogP contribution in [0.2, 0.25) is 5.02 Å². The number of amides is 1. The Bertz CT molecular complexity index is 950. The molecule has 0 radical (unpaired) electrons. The van der Waals surface area contributed by atoms with Gasteiger partial charge in [0.15, 0.2) is 5.82 Å². The number of hydrogen-bond acceptors (Lipinski definition) is 8. The van der Waals surface area contributed by atoms with Gasteiger partial charge in [-0.3, -0.25) is 4.90 Å². The van der Waals surface area contributed by atoms with Gasteiger partial charge in [0.05, 0.1) is 19.3 Å². The van der Waals surface area contributed by atoms with Gasteiger partial charge in [-0.25, -0.2) is 14.8 Å². The molecule has 1 aliphatic rings. The smallest absolute Gasteiger partial charge is 0.410 e. The number of hydrogen-bond donors (Lipinski definition) is 1. The number of nitrogens with one attached hydrogen (secondary N) is 1. The summed E-state index contributed by atoms with van der Waals surface area (Å²) in [5, 5.41) is 3.76. The van der Waals surface area contributed by atoms with E-state index in [4.69, 9.17) is 21.1 Å². The third kappa shape index (κ3) is 7.52. The van der Waals surface area contributed by atoms with E-state index in [1.165, 1.54) is 6.33 Å². The van der Waals surface area contributed by atoms with Crippen LogP contribution in [0.5, 0.6) is 0 Å². The third-order valence-corrected chi connectivity index (χ3v) is 5.17. The number of rotatable bonds is 7. The maximum Gasteiger partial charge on any atom is 0.410 e. The van der Waals surface area contributed by atoms with Gasteiger partial charge in [0, 0.05) is 23.7 Å². The van der Waals surface area contributed by atoms with Crippen molar-refractivity contribution in [1.29, 1.82) is 0 Å². The van der Waals surface area contributed by atoms with E-state index in [-0.39, 0.29) is 12.1 Å². The summed E-state index contributed by atoms with van der Waals surface area (Å²) in [4.78, 5) is 29.7. The topological polar surface area (TPSA) is 92.7 Å². The second-order valence-electron chi connectivity index (χ2n) is 9.25. The molecule has 33 heavy (non-hydrogen) atoms. The highest BCUT2D eigenvalue weighted by molar-refractivity contribution is 6.31. The second-order valence-corrected chi connectivity index (χ2v) is 9.69. The minimum absolute atomic E-state index is 0.323. The van der Waals surface area contributed by atoms with Gasteiger partial charge in [0.2, 0.25) is 5.95 Å². The maximum absolute atomic E-state index is 12.8. The van der Waals surface area contributed by atoms with Crippen LogP contribution in [0.25, 0.3) is 11.4 Å². The van der Waals surface area contributed by atoms with Crippen molar-refractivity contribution in [3.05, 3.63) is 35.1 Å². The first-order valence-corrected chi connectivity index (χ1v) is 11.5. The summed E-state index contributed by atoms with van der Waals surface area (Å²) in [6.45, 7) is 8.54. The number of anilines is 1. The molecule has 2 aromatic rings. The summed E-state index contributed by atoms with van der Waals surface area (Å²) < 4.78 is 11.3. The van der Waals surface area contributed by atoms with Crippen molar-refractivity contribution in [2.45, 2.75) is 38.8 Å². The van der Waals surface area contributed by atoms with E-state index in [0.29, 0.717) is 36.6 Å². The Morgan fingerprint density at radius 1 is 1.30 bits per heavy atom. The first kappa shape index (κ1) is 25.1. The van der Waals surface area contributed by atoms with Crippen molar-refractivity contribution < 1.29 is 14.3 Å². The van der Waals surface area contributed by atoms with E-state index < -0.39 is 5.60 Å². The summed E-state index contributed by atoms with van der Waals surface area (Å²) in [7, 11) is 4.08. The van der Waals surface area contributed by atoms with Crippen molar-refractivity contribution >= 4 is 23.6 Å². The van der Waals surface area contributed by atoms with Crippen LogP contribution in [-0.2, 0) is 9.47 Å². The van der Waals surface area contributed by atoms with Crippen LogP contribution in [0.3, 0.4) is 0 Å². The number of nitrogens with zero attached hydrogens (tertiary/aromatic N) is 5. The lowest BCUT2D eigenvalue weighted by molar-refractivity contribution is -0.0331. The number of carbonyl (C=O) groups is 1. The second kappa shape index (κ2) is 11.1. The lowest BCUT2D eigenvalue weighted by Crippen LogP contribution is -2.45. The van der Waals surface area contributed by atoms with Crippen LogP contribution in [-0.4, -0.2) is 83.4 Å². The molecule has 1 aromatic heterocycles. The van der Waals surface area contributed by atoms with E-state index in [1.807, 2.05) is 47.0 Å². The average molecular weight is 477 g/mol. The Morgan fingerprint density at radius 2 is 2.09 bits per heavy atom. The highest BCUT2D eigenvalue weighted by Crippen LogP contribution is 2.31. The van der Waals surface area contributed by atoms with Crippen molar-refractivity contribution in [3.63, 3.8) is 0 Å². The van der Waals surface area contributed by atoms with Gasteiger partial charge in [-0.05, 0) is 71.6 Å². The van der Waals surface area contributed by atoms with Gasteiger partial charge in [-0.2, -0.15) is 4.98 Å². The highest BCUT2D eigenvalue weighted by Gasteiger charge is 2.32. The Hall–Kier alpha value is -2.49. The van der Waals surface area contributed by atoms with E-state index in [1.54, 1.807) is 11.0 Å². The summed E-state index contributed by atoms with van der Waals surface area (Å²) in [5.41, 5.74) is 0.996. The maximum atomic E-state index is 12.8. The zero-order valence-electron chi connectivity index (χ0n) is 20.0. The lowest BCUT2D eigenvalue weighted by atomic mass is 10.0. The van der Waals surface area contributed by atoms with Crippen LogP contribution >= 0.6 is 11.6 Å². The minimum atomic E-state index is -0.583. The van der Waals surface area contributed by atoms with Crippen molar-refractivity contribution in [2.75, 3.05) is 52.3 Å². The molecule has 1 aliphatic heterocycles. The van der Waals surface area contributed by atoms with Crippen LogP contribution < -0.4 is 5.32 Å². The van der Waals surface area contributed by atoms with Crippen LogP contribution in [0.15, 0.2) is 24.5 Å². The largest absolute Gasteiger partial charge is 0.444 e. The molecule has 3 rings (SSSR count). The number of ether oxygens (including phenoxy) is 2. The van der Waals surface area contributed by atoms with E-state index in [0.717, 1.165) is 30.6 Å². The van der Waals surface area contributed by atoms with Gasteiger partial charge in [-0.1, -0.05) is 11.6 Å². The third-order valence-electron chi connectivity index (χ3n) is 4.96. The summed E-state index contributed by atoms with van der Waals surface area (Å²) >= 11 is 6.46. The van der Waals surface area contributed by atoms with Crippen LogP contribution in [0.1, 0.15) is 38.8 Å². The first-order valence-electron chi connectivity index (χ1n) is 11.1. The molecule has 0 spiro atoms. The van der Waals surface area contributed by atoms with E-state index in [2.05, 4.69) is 25.2 Å². The van der Waals surface area contributed by atoms with Gasteiger partial charge in [0.25, 0.3) is 0 Å². The molecule has 1 fully saturated rings. The number of carbonyl (C=O) groups excluding carboxylic acids is 1. The molecule has 1 amide bonds. The van der Waals surface area contributed by atoms with E-state index >= 15 is 0 Å². The van der Waals surface area contributed by atoms with Crippen LogP contribution in [0.4, 0.5) is 10.7 Å². The highest BCUT2D eigenvalue weighted by atomic mass is 35.5. The Kier molecular flexibility index (Phi) is 8.45. The number of benzene rings is 1. The molecule has 1 atom stereocenters. The molecule has 1 aromatic carbocycles. The summed E-state index contributed by atoms with van der Waals surface area (Å²) in [5.74, 6) is 1.01. The fourth-order valence-corrected chi connectivity index (χ4v) is 3.71. The predicted octanol–water partition coefficient (Wildman–Crippen LogP) is 3.86. The van der Waals surface area contributed by atoms with Gasteiger partial charge in [0.1, 0.15) is 11.9 Å². The summed E-state index contributed by atoms with van der Waals surface area (Å²) in [6, 6.07) is 5.26. The Morgan fingerprint density at radius 3 is 2.82 bits per heavy atom. The molecule has 1 N–H and O–H groups in total. The van der Waals surface area contributed by atoms with Gasteiger partial charge < -0.3 is 19.7 Å². The number of halogens is 1. The van der Waals surface area contributed by atoms with Crippen LogP contribution in [0, 0.1) is 0 Å². The normalized spacial score (nSPS) is 16.7. The first-order chi connectivity index (χ1) is 15.6. The molecule has 1 saturated heterocycles. The average Bonchev–Trinajstić information content (AvgIpc) is 2.75. The zero-order chi connectivity index (χ0) is 24.0. The standard InChI is InChI=1S/C23H33ClN6O3/c1-23(2,3)33-22(31)30-9-10-32-14-19(30)16-11-17(13-18(24)12-16)20-26-15-27-21(28-20)25-7-6-8-29(4)5/h11-13,15,19H,6-10,14H2,1-5H3,(H,25,26,27,28)/t19-/m0/s1. The predicted molar refractivity (Wildman–Crippen MR) is 128 cm³/mol. The molecule has 0 saturated carbocycles. The molecule has 0 bridgehead atoms. The Balaban J connectivity index is 1.81. The van der Waals surface area contributed by atoms with Crippen molar-refractivity contribution in [3.8, 4) is 11.4 Å². The number of aromatic nitrogens is 3. The van der Waals surface area contributed by atoms with Gasteiger partial charge in [-0.15, -0.1) is 0 Å². The van der Waals surface area contributed by atoms with Gasteiger partial charge >= 0.3 is 6.09 Å². The molecule has 10 heteroatoms. The van der Waals surface area contributed by atoms with Crippen molar-refractivity contribution in [2.24, 2.45) is 0 Å². The lowest BCUT2D eigenvalue weighted by Gasteiger charge is -2.37. The van der Waals surface area contributed by atoms with Crippen molar-refractivity contribution in [1.82, 2.24) is 24.8 Å². The molecule has 0 unspecified atom stereocenters. The SMILES string of the molecule is CN(C)CCCNc1ncnc(-c2cc(Cl)cc([C@@H]3COCCN3C(=O)OC(C)(C)C)c2)n1. The fourth-order valence-electron chi connectivity index (χ4n) is 3.47. The molecule has 180 valence electrons. The molecular weight excluding hydrogens is 444 g/mol. The Labute approximate surface area is 200 Å². The zero-order valence-corrected chi connectivity index (χ0v) is 20.7. The molecule has 2 heterocycles.